The van der Waals surface area contributed by atoms with E-state index in [9.17, 15) is 9.18 Å². The zero-order valence-corrected chi connectivity index (χ0v) is 16.7. The second-order valence-corrected chi connectivity index (χ2v) is 6.42. The van der Waals surface area contributed by atoms with Crippen LogP contribution < -0.4 is 9.47 Å². The van der Waals surface area contributed by atoms with Gasteiger partial charge in [0.05, 0.1) is 22.9 Å². The summed E-state index contributed by atoms with van der Waals surface area (Å²) in [6.45, 7) is 4.79. The van der Waals surface area contributed by atoms with Crippen molar-refractivity contribution in [2.75, 3.05) is 6.79 Å². The van der Waals surface area contributed by atoms with Crippen molar-refractivity contribution in [3.63, 3.8) is 0 Å². The van der Waals surface area contributed by atoms with Gasteiger partial charge < -0.3 is 19.0 Å². The average Bonchev–Trinajstić information content (AvgIpc) is 2.72. The van der Waals surface area contributed by atoms with E-state index in [1.807, 2.05) is 0 Å². The molecule has 0 saturated carbocycles. The Bertz CT molecular complexity index is 1050. The third-order valence-corrected chi connectivity index (χ3v) is 3.67. The molecule has 0 aliphatic carbocycles. The number of aromatic nitrogens is 2. The van der Waals surface area contributed by atoms with Crippen molar-refractivity contribution in [1.29, 1.82) is 0 Å². The number of nitrogens with zero attached hydrogens (tertiary/aromatic N) is 3. The SMILES string of the molecule is CC(C)=NOCOC(=O)C(C)Oc1ccc(Oc2cnc3cc(F)ccc3n2)cc1. The quantitative estimate of drug-likeness (QED) is 0.179. The Morgan fingerprint density at radius 1 is 1.10 bits per heavy atom. The van der Waals surface area contributed by atoms with E-state index in [2.05, 4.69) is 15.1 Å². The van der Waals surface area contributed by atoms with Crippen molar-refractivity contribution in [3.05, 3.63) is 54.5 Å². The van der Waals surface area contributed by atoms with Gasteiger partial charge in [-0.05, 0) is 57.2 Å². The van der Waals surface area contributed by atoms with E-state index in [-0.39, 0.29) is 18.5 Å². The molecule has 156 valence electrons. The highest BCUT2D eigenvalue weighted by atomic mass is 19.1. The predicted octanol–water partition coefficient (Wildman–Crippen LogP) is 4.24. The summed E-state index contributed by atoms with van der Waals surface area (Å²) in [6, 6.07) is 10.7. The first-order valence-corrected chi connectivity index (χ1v) is 9.07. The zero-order valence-electron chi connectivity index (χ0n) is 16.7. The van der Waals surface area contributed by atoms with Crippen molar-refractivity contribution in [2.45, 2.75) is 26.9 Å². The summed E-state index contributed by atoms with van der Waals surface area (Å²) >= 11 is 0. The van der Waals surface area contributed by atoms with Gasteiger partial charge in [0.1, 0.15) is 17.3 Å². The van der Waals surface area contributed by atoms with E-state index in [1.165, 1.54) is 24.4 Å². The van der Waals surface area contributed by atoms with Crippen LogP contribution in [0.4, 0.5) is 4.39 Å². The molecule has 1 unspecified atom stereocenters. The number of oxime groups is 1. The fourth-order valence-electron chi connectivity index (χ4n) is 2.33. The maximum Gasteiger partial charge on any atom is 0.349 e. The van der Waals surface area contributed by atoms with E-state index in [1.54, 1.807) is 45.0 Å². The number of carbonyl (C=O) groups is 1. The first kappa shape index (κ1) is 21.0. The van der Waals surface area contributed by atoms with Crippen LogP contribution in [-0.2, 0) is 14.4 Å². The van der Waals surface area contributed by atoms with Crippen LogP contribution in [-0.4, -0.2) is 34.5 Å². The average molecular weight is 413 g/mol. The zero-order chi connectivity index (χ0) is 21.5. The molecule has 0 aliphatic heterocycles. The lowest BCUT2D eigenvalue weighted by Crippen LogP contribution is -2.26. The van der Waals surface area contributed by atoms with Crippen LogP contribution >= 0.6 is 0 Å². The number of rotatable bonds is 8. The molecule has 0 fully saturated rings. The minimum absolute atomic E-state index is 0.268. The number of hydrogen-bond acceptors (Lipinski definition) is 8. The van der Waals surface area contributed by atoms with Gasteiger partial charge in [-0.3, -0.25) is 0 Å². The third kappa shape index (κ3) is 5.87. The monoisotopic (exact) mass is 413 g/mol. The molecule has 8 nitrogen and oxygen atoms in total. The molecule has 0 radical (unpaired) electrons. The van der Waals surface area contributed by atoms with Gasteiger partial charge in [-0.25, -0.2) is 19.2 Å². The molecular formula is C21H20FN3O5. The molecule has 9 heteroatoms. The molecule has 30 heavy (non-hydrogen) atoms. The summed E-state index contributed by atoms with van der Waals surface area (Å²) in [5, 5.41) is 3.66. The number of benzene rings is 2. The highest BCUT2D eigenvalue weighted by molar-refractivity contribution is 5.78. The second kappa shape index (κ2) is 9.64. The standard InChI is InChI=1S/C21H20FN3O5/c1-13(2)25-28-12-27-21(26)14(3)29-16-5-7-17(8-6-16)30-20-11-23-19-10-15(22)4-9-18(19)24-20/h4-11,14H,12H2,1-3H3. The summed E-state index contributed by atoms with van der Waals surface area (Å²) < 4.78 is 29.3. The molecule has 0 aliphatic rings. The van der Waals surface area contributed by atoms with Gasteiger partial charge in [-0.2, -0.15) is 0 Å². The molecule has 0 spiro atoms. The third-order valence-electron chi connectivity index (χ3n) is 3.67. The number of carbonyl (C=O) groups excluding carboxylic acids is 1. The molecular weight excluding hydrogens is 393 g/mol. The van der Waals surface area contributed by atoms with Gasteiger partial charge in [0.25, 0.3) is 6.79 Å². The lowest BCUT2D eigenvalue weighted by atomic mass is 10.3. The second-order valence-electron chi connectivity index (χ2n) is 6.42. The summed E-state index contributed by atoms with van der Waals surface area (Å²) in [6.07, 6.45) is 0.579. The van der Waals surface area contributed by atoms with Crippen molar-refractivity contribution in [2.24, 2.45) is 5.16 Å². The van der Waals surface area contributed by atoms with Gasteiger partial charge in [-0.1, -0.05) is 5.16 Å². The molecule has 0 saturated heterocycles. The topological polar surface area (TPSA) is 92.1 Å². The molecule has 3 aromatic rings. The molecule has 0 amide bonds. The molecule has 1 atom stereocenters. The van der Waals surface area contributed by atoms with Gasteiger partial charge in [0.2, 0.25) is 5.88 Å². The first-order valence-electron chi connectivity index (χ1n) is 9.07. The van der Waals surface area contributed by atoms with Crippen LogP contribution in [0.2, 0.25) is 0 Å². The highest BCUT2D eigenvalue weighted by Crippen LogP contribution is 2.24. The van der Waals surface area contributed by atoms with Crippen LogP contribution in [0, 0.1) is 5.82 Å². The van der Waals surface area contributed by atoms with Crippen molar-refractivity contribution in [1.82, 2.24) is 9.97 Å². The first-order chi connectivity index (χ1) is 14.4. The molecule has 0 bridgehead atoms. The van der Waals surface area contributed by atoms with Gasteiger partial charge >= 0.3 is 5.97 Å². The van der Waals surface area contributed by atoms with Crippen LogP contribution in [0.5, 0.6) is 17.4 Å². The highest BCUT2D eigenvalue weighted by Gasteiger charge is 2.16. The largest absolute Gasteiger partial charge is 0.479 e. The number of fused-ring (bicyclic) bond motifs is 1. The molecule has 2 aromatic carbocycles. The molecule has 1 heterocycles. The van der Waals surface area contributed by atoms with Crippen LogP contribution in [0.3, 0.4) is 0 Å². The molecule has 1 aromatic heterocycles. The smallest absolute Gasteiger partial charge is 0.349 e. The number of ether oxygens (including phenoxy) is 3. The summed E-state index contributed by atoms with van der Waals surface area (Å²) in [5.74, 6) is 0.257. The normalized spacial score (nSPS) is 11.5. The van der Waals surface area contributed by atoms with Crippen LogP contribution in [0.25, 0.3) is 11.0 Å². The van der Waals surface area contributed by atoms with E-state index >= 15 is 0 Å². The maximum absolute atomic E-state index is 13.2. The van der Waals surface area contributed by atoms with Crippen LogP contribution in [0.1, 0.15) is 20.8 Å². The number of esters is 1. The summed E-state index contributed by atoms with van der Waals surface area (Å²) in [4.78, 5) is 25.1. The number of hydrogen-bond donors (Lipinski definition) is 0. The maximum atomic E-state index is 13.2. The Labute approximate surface area is 172 Å². The van der Waals surface area contributed by atoms with Gasteiger partial charge in [0.15, 0.2) is 6.10 Å². The Hall–Kier alpha value is -3.75. The molecule has 0 N–H and O–H groups in total. The Morgan fingerprint density at radius 2 is 1.83 bits per heavy atom. The van der Waals surface area contributed by atoms with E-state index < -0.39 is 12.1 Å². The fraction of sp³-hybridized carbons (Fsp3) is 0.238. The van der Waals surface area contributed by atoms with E-state index in [0.29, 0.717) is 28.2 Å². The van der Waals surface area contributed by atoms with Gasteiger partial charge in [-0.15, -0.1) is 0 Å². The van der Waals surface area contributed by atoms with Crippen molar-refractivity contribution in [3.8, 4) is 17.4 Å². The van der Waals surface area contributed by atoms with E-state index in [4.69, 9.17) is 19.0 Å². The minimum atomic E-state index is -0.834. The molecule has 3 rings (SSSR count). The van der Waals surface area contributed by atoms with Crippen molar-refractivity contribution < 1.29 is 28.2 Å². The lowest BCUT2D eigenvalue weighted by molar-refractivity contribution is -0.163. The summed E-state index contributed by atoms with van der Waals surface area (Å²) in [5.41, 5.74) is 1.67. The Kier molecular flexibility index (Phi) is 6.74. The Balaban J connectivity index is 1.55. The summed E-state index contributed by atoms with van der Waals surface area (Å²) in [7, 11) is 0. The Morgan fingerprint density at radius 3 is 2.57 bits per heavy atom. The van der Waals surface area contributed by atoms with Gasteiger partial charge in [0, 0.05) is 6.07 Å². The van der Waals surface area contributed by atoms with Crippen molar-refractivity contribution >= 4 is 22.7 Å². The lowest BCUT2D eigenvalue weighted by Gasteiger charge is -2.14. The van der Waals surface area contributed by atoms with E-state index in [0.717, 1.165) is 0 Å². The number of halogens is 1. The minimum Gasteiger partial charge on any atom is -0.479 e. The predicted molar refractivity (Wildman–Crippen MR) is 107 cm³/mol. The fourth-order valence-corrected chi connectivity index (χ4v) is 2.33. The van der Waals surface area contributed by atoms with Crippen LogP contribution in [0.15, 0.2) is 53.8 Å².